The quantitative estimate of drug-likeness (QED) is 0.841. The number of nitrogens with two attached hydrogens (primary N) is 1. The molecule has 0 amide bonds. The van der Waals surface area contributed by atoms with Gasteiger partial charge in [0.15, 0.2) is 0 Å². The molecule has 1 aliphatic carbocycles. The first-order valence-electron chi connectivity index (χ1n) is 7.39. The Morgan fingerprint density at radius 1 is 1.05 bits per heavy atom. The summed E-state index contributed by atoms with van der Waals surface area (Å²) in [5, 5.41) is 0. The van der Waals surface area contributed by atoms with Crippen LogP contribution in [-0.2, 0) is 19.5 Å². The minimum atomic E-state index is 0.714. The van der Waals surface area contributed by atoms with Crippen LogP contribution in [0.15, 0.2) is 47.1 Å². The lowest BCUT2D eigenvalue weighted by molar-refractivity contribution is 0.225. The van der Waals surface area contributed by atoms with Crippen LogP contribution in [0.4, 0.5) is 0 Å². The molecule has 106 valence electrons. The van der Waals surface area contributed by atoms with Gasteiger partial charge in [-0.2, -0.15) is 0 Å². The zero-order valence-corrected chi connectivity index (χ0v) is 11.8. The van der Waals surface area contributed by atoms with Crippen molar-refractivity contribution < 1.29 is 4.42 Å². The Bertz CT molecular complexity index is 514. The third-order valence-electron chi connectivity index (χ3n) is 3.84. The fourth-order valence-corrected chi connectivity index (χ4v) is 2.57. The molecule has 1 saturated carbocycles. The second kappa shape index (κ2) is 6.25. The predicted octanol–water partition coefficient (Wildman–Crippen LogP) is 2.95. The fourth-order valence-electron chi connectivity index (χ4n) is 2.57. The van der Waals surface area contributed by atoms with Gasteiger partial charge in [0.25, 0.3) is 0 Å². The Morgan fingerprint density at radius 2 is 1.80 bits per heavy atom. The maximum Gasteiger partial charge on any atom is 0.117 e. The van der Waals surface area contributed by atoms with Gasteiger partial charge in [-0.1, -0.05) is 24.3 Å². The summed E-state index contributed by atoms with van der Waals surface area (Å²) in [5.74, 6) is 1.05. The highest BCUT2D eigenvalue weighted by atomic mass is 16.3. The summed E-state index contributed by atoms with van der Waals surface area (Å²) < 4.78 is 5.48. The summed E-state index contributed by atoms with van der Waals surface area (Å²) in [6, 6.07) is 13.6. The number of nitrogens with zero attached hydrogens (tertiary/aromatic N) is 1. The molecule has 1 heterocycles. The van der Waals surface area contributed by atoms with Gasteiger partial charge in [-0.25, -0.2) is 0 Å². The van der Waals surface area contributed by atoms with Crippen molar-refractivity contribution in [1.29, 1.82) is 0 Å². The van der Waals surface area contributed by atoms with Crippen molar-refractivity contribution in [3.63, 3.8) is 0 Å². The first-order valence-corrected chi connectivity index (χ1v) is 7.39. The SMILES string of the molecule is NCCc1ccc(CN(Cc2ccco2)C2CC2)cc1. The van der Waals surface area contributed by atoms with Gasteiger partial charge in [0.05, 0.1) is 12.8 Å². The lowest BCUT2D eigenvalue weighted by Crippen LogP contribution is -2.24. The molecule has 3 heteroatoms. The zero-order chi connectivity index (χ0) is 13.8. The Hall–Kier alpha value is -1.58. The second-order valence-electron chi connectivity index (χ2n) is 5.57. The van der Waals surface area contributed by atoms with Crippen molar-refractivity contribution in [2.24, 2.45) is 5.73 Å². The molecule has 2 N–H and O–H groups in total. The zero-order valence-electron chi connectivity index (χ0n) is 11.8. The van der Waals surface area contributed by atoms with Gasteiger partial charge in [0.2, 0.25) is 0 Å². The Morgan fingerprint density at radius 3 is 2.40 bits per heavy atom. The lowest BCUT2D eigenvalue weighted by Gasteiger charge is -2.21. The smallest absolute Gasteiger partial charge is 0.117 e. The summed E-state index contributed by atoms with van der Waals surface area (Å²) >= 11 is 0. The summed E-state index contributed by atoms with van der Waals surface area (Å²) in [6.07, 6.45) is 5.33. The Labute approximate surface area is 120 Å². The number of benzene rings is 1. The average molecular weight is 270 g/mol. The summed E-state index contributed by atoms with van der Waals surface area (Å²) in [4.78, 5) is 2.51. The van der Waals surface area contributed by atoms with E-state index in [4.69, 9.17) is 10.2 Å². The van der Waals surface area contributed by atoms with Crippen molar-refractivity contribution in [1.82, 2.24) is 4.90 Å². The van der Waals surface area contributed by atoms with Crippen LogP contribution >= 0.6 is 0 Å². The van der Waals surface area contributed by atoms with Crippen LogP contribution in [0.2, 0.25) is 0 Å². The van der Waals surface area contributed by atoms with Gasteiger partial charge in [0.1, 0.15) is 5.76 Å². The molecular weight excluding hydrogens is 248 g/mol. The van der Waals surface area contributed by atoms with Crippen LogP contribution in [0.3, 0.4) is 0 Å². The Kier molecular flexibility index (Phi) is 4.19. The van der Waals surface area contributed by atoms with Gasteiger partial charge in [-0.05, 0) is 49.1 Å². The monoisotopic (exact) mass is 270 g/mol. The molecule has 0 bridgehead atoms. The van der Waals surface area contributed by atoms with E-state index in [1.165, 1.54) is 24.0 Å². The van der Waals surface area contributed by atoms with E-state index in [0.717, 1.165) is 31.3 Å². The van der Waals surface area contributed by atoms with Crippen molar-refractivity contribution in [2.75, 3.05) is 6.54 Å². The first-order chi connectivity index (χ1) is 9.85. The number of rotatable bonds is 7. The van der Waals surface area contributed by atoms with Gasteiger partial charge < -0.3 is 10.2 Å². The van der Waals surface area contributed by atoms with E-state index in [1.807, 2.05) is 6.07 Å². The van der Waals surface area contributed by atoms with Crippen LogP contribution in [0.5, 0.6) is 0 Å². The third-order valence-corrected chi connectivity index (χ3v) is 3.84. The standard InChI is InChI=1S/C17H22N2O/c18-10-9-14-3-5-15(6-4-14)12-19(16-7-8-16)13-17-2-1-11-20-17/h1-6,11,16H,7-10,12-13,18H2. The van der Waals surface area contributed by atoms with Gasteiger partial charge in [0, 0.05) is 12.6 Å². The van der Waals surface area contributed by atoms with Crippen molar-refractivity contribution in [2.45, 2.75) is 38.4 Å². The first kappa shape index (κ1) is 13.4. The highest BCUT2D eigenvalue weighted by Crippen LogP contribution is 2.29. The molecule has 2 aromatic rings. The summed E-state index contributed by atoms with van der Waals surface area (Å²) in [7, 11) is 0. The average Bonchev–Trinajstić information content (AvgIpc) is 3.19. The number of hydrogen-bond donors (Lipinski definition) is 1. The molecule has 0 atom stereocenters. The molecule has 0 aliphatic heterocycles. The maximum absolute atomic E-state index is 5.58. The maximum atomic E-state index is 5.58. The number of furan rings is 1. The molecule has 3 nitrogen and oxygen atoms in total. The predicted molar refractivity (Wildman–Crippen MR) is 80.2 cm³/mol. The molecule has 0 saturated heterocycles. The van der Waals surface area contributed by atoms with E-state index < -0.39 is 0 Å². The van der Waals surface area contributed by atoms with Crippen molar-refractivity contribution in [3.05, 3.63) is 59.5 Å². The molecular formula is C17H22N2O. The number of hydrogen-bond acceptors (Lipinski definition) is 3. The van der Waals surface area contributed by atoms with E-state index in [9.17, 15) is 0 Å². The molecule has 0 radical (unpaired) electrons. The van der Waals surface area contributed by atoms with Crippen LogP contribution in [0, 0.1) is 0 Å². The van der Waals surface area contributed by atoms with Crippen LogP contribution in [0.1, 0.15) is 29.7 Å². The topological polar surface area (TPSA) is 42.4 Å². The highest BCUT2D eigenvalue weighted by Gasteiger charge is 2.29. The highest BCUT2D eigenvalue weighted by molar-refractivity contribution is 5.23. The van der Waals surface area contributed by atoms with Gasteiger partial charge in [-0.15, -0.1) is 0 Å². The minimum Gasteiger partial charge on any atom is -0.468 e. The second-order valence-corrected chi connectivity index (χ2v) is 5.57. The fraction of sp³-hybridized carbons (Fsp3) is 0.412. The van der Waals surface area contributed by atoms with Crippen LogP contribution < -0.4 is 5.73 Å². The molecule has 1 aliphatic rings. The largest absolute Gasteiger partial charge is 0.468 e. The van der Waals surface area contributed by atoms with Crippen molar-refractivity contribution in [3.8, 4) is 0 Å². The van der Waals surface area contributed by atoms with E-state index in [0.29, 0.717) is 6.54 Å². The third kappa shape index (κ3) is 3.50. The molecule has 0 unspecified atom stereocenters. The van der Waals surface area contributed by atoms with Gasteiger partial charge in [-0.3, -0.25) is 4.90 Å². The van der Waals surface area contributed by atoms with E-state index in [-0.39, 0.29) is 0 Å². The molecule has 1 aromatic carbocycles. The van der Waals surface area contributed by atoms with E-state index in [1.54, 1.807) is 6.26 Å². The minimum absolute atomic E-state index is 0.714. The lowest BCUT2D eigenvalue weighted by atomic mass is 10.1. The Balaban J connectivity index is 1.63. The summed E-state index contributed by atoms with van der Waals surface area (Å²) in [6.45, 7) is 2.61. The summed E-state index contributed by atoms with van der Waals surface area (Å²) in [5.41, 5.74) is 8.27. The molecule has 1 fully saturated rings. The molecule has 20 heavy (non-hydrogen) atoms. The van der Waals surface area contributed by atoms with Crippen molar-refractivity contribution >= 4 is 0 Å². The normalized spacial score (nSPS) is 14.9. The van der Waals surface area contributed by atoms with Crippen LogP contribution in [-0.4, -0.2) is 17.5 Å². The van der Waals surface area contributed by atoms with Crippen LogP contribution in [0.25, 0.3) is 0 Å². The van der Waals surface area contributed by atoms with E-state index >= 15 is 0 Å². The molecule has 0 spiro atoms. The van der Waals surface area contributed by atoms with Gasteiger partial charge >= 0.3 is 0 Å². The molecule has 3 rings (SSSR count). The molecule has 1 aromatic heterocycles. The van der Waals surface area contributed by atoms with E-state index in [2.05, 4.69) is 35.2 Å².